The van der Waals surface area contributed by atoms with Crippen molar-refractivity contribution in [3.63, 3.8) is 0 Å². The lowest BCUT2D eigenvalue weighted by atomic mass is 9.78. The van der Waals surface area contributed by atoms with Gasteiger partial charge in [0.05, 0.1) is 25.3 Å². The largest absolute Gasteiger partial charge is 0.490 e. The number of aromatic nitrogens is 2. The van der Waals surface area contributed by atoms with E-state index in [-0.39, 0.29) is 53.7 Å². The number of hydrogen-bond acceptors (Lipinski definition) is 11. The molecular formula is C32H39BClN3O10. The van der Waals surface area contributed by atoms with Gasteiger partial charge in [0.2, 0.25) is 5.43 Å². The maximum atomic E-state index is 13.4. The Labute approximate surface area is 277 Å². The Morgan fingerprint density at radius 3 is 2.19 bits per heavy atom. The molecule has 47 heavy (non-hydrogen) atoms. The molecule has 0 saturated heterocycles. The standard InChI is InChI=1S/C32H39BClN3O10/c1-8-45-28(39)21-15-36(19-9-10-19)26-20(27(21)38)11-12-24(34)22(26)17-44-16-18-13-25(35-14-23(18)33(42)43)37(29(40)46-31(2,3)4)30(41)47-32(5,6)7/h11-15,19,42-43H,8-10,16-17H2,1-7H3. The maximum absolute atomic E-state index is 13.4. The molecule has 1 aromatic carbocycles. The Balaban J connectivity index is 1.71. The lowest BCUT2D eigenvalue weighted by molar-refractivity contribution is 0.0426. The second-order valence-electron chi connectivity index (χ2n) is 13.1. The number of carbonyl (C=O) groups is 3. The molecule has 2 N–H and O–H groups in total. The van der Waals surface area contributed by atoms with Gasteiger partial charge in [0.15, 0.2) is 0 Å². The van der Waals surface area contributed by atoms with Gasteiger partial charge in [-0.25, -0.2) is 19.4 Å². The maximum Gasteiger partial charge on any atom is 0.490 e. The summed E-state index contributed by atoms with van der Waals surface area (Å²) in [4.78, 5) is 57.0. The third kappa shape index (κ3) is 8.69. The van der Waals surface area contributed by atoms with Crippen molar-refractivity contribution in [1.82, 2.24) is 9.55 Å². The summed E-state index contributed by atoms with van der Waals surface area (Å²) in [6.07, 6.45) is 2.19. The lowest BCUT2D eigenvalue weighted by Gasteiger charge is -2.28. The van der Waals surface area contributed by atoms with E-state index in [2.05, 4.69) is 4.98 Å². The SMILES string of the molecule is CCOC(=O)c1cn(C2CC2)c2c(COCc3cc(N(C(=O)OC(C)(C)C)C(=O)OC(C)(C)C)ncc3B(O)O)c(Cl)ccc2c1=O. The van der Waals surface area contributed by atoms with E-state index in [1.54, 1.807) is 60.6 Å². The molecule has 0 bridgehead atoms. The van der Waals surface area contributed by atoms with E-state index < -0.39 is 41.9 Å². The van der Waals surface area contributed by atoms with Crippen LogP contribution in [-0.4, -0.2) is 62.7 Å². The number of nitrogens with zero attached hydrogens (tertiary/aromatic N) is 3. The van der Waals surface area contributed by atoms with Crippen molar-refractivity contribution in [3.8, 4) is 0 Å². The molecule has 0 aliphatic heterocycles. The molecule has 1 saturated carbocycles. The molecule has 0 radical (unpaired) electrons. The van der Waals surface area contributed by atoms with Gasteiger partial charge in [-0.05, 0) is 85.1 Å². The number of hydrogen-bond donors (Lipinski definition) is 2. The van der Waals surface area contributed by atoms with E-state index in [0.29, 0.717) is 21.0 Å². The number of benzene rings is 1. The Bertz CT molecular complexity index is 1710. The van der Waals surface area contributed by atoms with Crippen molar-refractivity contribution in [2.45, 2.75) is 91.8 Å². The number of imide groups is 1. The third-order valence-corrected chi connectivity index (χ3v) is 7.20. The minimum Gasteiger partial charge on any atom is -0.462 e. The molecule has 15 heteroatoms. The number of esters is 1. The van der Waals surface area contributed by atoms with E-state index >= 15 is 0 Å². The number of halogens is 1. The summed E-state index contributed by atoms with van der Waals surface area (Å²) in [7, 11) is -1.96. The number of pyridine rings is 2. The highest BCUT2D eigenvalue weighted by Crippen LogP contribution is 2.39. The van der Waals surface area contributed by atoms with Gasteiger partial charge in [-0.15, -0.1) is 0 Å². The average Bonchev–Trinajstić information content (AvgIpc) is 3.78. The van der Waals surface area contributed by atoms with Gasteiger partial charge in [0, 0.05) is 39.9 Å². The van der Waals surface area contributed by atoms with Crippen LogP contribution in [0.1, 0.15) is 88.8 Å². The van der Waals surface area contributed by atoms with Crippen molar-refractivity contribution in [1.29, 1.82) is 0 Å². The predicted octanol–water partition coefficient (Wildman–Crippen LogP) is 4.63. The zero-order chi connectivity index (χ0) is 34.8. The van der Waals surface area contributed by atoms with Crippen LogP contribution in [0.4, 0.5) is 15.4 Å². The van der Waals surface area contributed by atoms with Crippen LogP contribution in [0, 0.1) is 0 Å². The van der Waals surface area contributed by atoms with Gasteiger partial charge in [0.1, 0.15) is 22.6 Å². The number of ether oxygens (including phenoxy) is 4. The first-order chi connectivity index (χ1) is 21.9. The zero-order valence-electron chi connectivity index (χ0n) is 27.5. The molecule has 0 unspecified atom stereocenters. The Morgan fingerprint density at radius 1 is 1.04 bits per heavy atom. The van der Waals surface area contributed by atoms with Crippen LogP contribution in [0.25, 0.3) is 10.9 Å². The molecule has 1 aliphatic carbocycles. The van der Waals surface area contributed by atoms with Crippen LogP contribution in [0.5, 0.6) is 0 Å². The summed E-state index contributed by atoms with van der Waals surface area (Å²) < 4.78 is 23.8. The minimum absolute atomic E-state index is 0.0416. The van der Waals surface area contributed by atoms with E-state index in [1.165, 1.54) is 12.3 Å². The lowest BCUT2D eigenvalue weighted by Crippen LogP contribution is -2.44. The average molecular weight is 672 g/mol. The van der Waals surface area contributed by atoms with E-state index in [0.717, 1.165) is 19.0 Å². The van der Waals surface area contributed by atoms with Crippen molar-refractivity contribution in [2.75, 3.05) is 11.5 Å². The molecule has 0 spiro atoms. The second-order valence-corrected chi connectivity index (χ2v) is 13.5. The summed E-state index contributed by atoms with van der Waals surface area (Å²) in [5.74, 6) is -0.911. The fraction of sp³-hybridized carbons (Fsp3) is 0.469. The molecule has 252 valence electrons. The highest BCUT2D eigenvalue weighted by Gasteiger charge is 2.35. The van der Waals surface area contributed by atoms with Gasteiger partial charge >= 0.3 is 25.3 Å². The summed E-state index contributed by atoms with van der Waals surface area (Å²) in [5.41, 5.74) is -1.36. The summed E-state index contributed by atoms with van der Waals surface area (Å²) in [6, 6.07) is 4.44. The number of anilines is 1. The molecule has 2 heterocycles. The van der Waals surface area contributed by atoms with Crippen molar-refractivity contribution >= 4 is 59.1 Å². The number of rotatable bonds is 9. The van der Waals surface area contributed by atoms with Crippen LogP contribution in [-0.2, 0) is 32.2 Å². The molecule has 1 fully saturated rings. The Kier molecular flexibility index (Phi) is 10.7. The smallest absolute Gasteiger partial charge is 0.462 e. The summed E-state index contributed by atoms with van der Waals surface area (Å²) in [6.45, 7) is 11.2. The van der Waals surface area contributed by atoms with Gasteiger partial charge < -0.3 is 33.6 Å². The third-order valence-electron chi connectivity index (χ3n) is 6.85. The first kappa shape index (κ1) is 35.9. The molecule has 0 atom stereocenters. The van der Waals surface area contributed by atoms with Gasteiger partial charge in [-0.1, -0.05) is 11.6 Å². The molecular weight excluding hydrogens is 633 g/mol. The summed E-state index contributed by atoms with van der Waals surface area (Å²) >= 11 is 6.62. The van der Waals surface area contributed by atoms with Gasteiger partial charge in [-0.2, -0.15) is 4.90 Å². The highest BCUT2D eigenvalue weighted by molar-refractivity contribution is 6.59. The van der Waals surface area contributed by atoms with Crippen LogP contribution in [0.3, 0.4) is 0 Å². The van der Waals surface area contributed by atoms with Crippen LogP contribution in [0.2, 0.25) is 5.02 Å². The Hall–Kier alpha value is -3.98. The van der Waals surface area contributed by atoms with Gasteiger partial charge in [-0.3, -0.25) is 4.79 Å². The fourth-order valence-electron chi connectivity index (χ4n) is 4.74. The normalized spacial score (nSPS) is 13.3. The van der Waals surface area contributed by atoms with E-state index in [9.17, 15) is 29.2 Å². The number of fused-ring (bicyclic) bond motifs is 1. The summed E-state index contributed by atoms with van der Waals surface area (Å²) in [5, 5.41) is 20.7. The van der Waals surface area contributed by atoms with Crippen LogP contribution in [0.15, 0.2) is 35.4 Å². The van der Waals surface area contributed by atoms with E-state index in [1.807, 2.05) is 4.57 Å². The quantitative estimate of drug-likeness (QED) is 0.185. The topological polar surface area (TPSA) is 167 Å². The molecule has 1 aliphatic rings. The minimum atomic E-state index is -1.96. The van der Waals surface area contributed by atoms with Crippen LogP contribution < -0.4 is 15.8 Å². The zero-order valence-corrected chi connectivity index (χ0v) is 28.2. The molecule has 2 amide bonds. The fourth-order valence-corrected chi connectivity index (χ4v) is 4.95. The number of amides is 2. The van der Waals surface area contributed by atoms with Crippen molar-refractivity contribution < 1.29 is 43.4 Å². The van der Waals surface area contributed by atoms with Gasteiger partial charge in [0.25, 0.3) is 0 Å². The Morgan fingerprint density at radius 2 is 1.66 bits per heavy atom. The first-order valence-electron chi connectivity index (χ1n) is 15.1. The highest BCUT2D eigenvalue weighted by atomic mass is 35.5. The van der Waals surface area contributed by atoms with Crippen molar-refractivity contribution in [3.05, 3.63) is 62.5 Å². The van der Waals surface area contributed by atoms with Crippen LogP contribution >= 0.6 is 11.6 Å². The molecule has 4 rings (SSSR count). The predicted molar refractivity (Wildman–Crippen MR) is 175 cm³/mol. The molecule has 3 aromatic rings. The van der Waals surface area contributed by atoms with E-state index in [4.69, 9.17) is 30.5 Å². The van der Waals surface area contributed by atoms with Crippen molar-refractivity contribution in [2.24, 2.45) is 0 Å². The second kappa shape index (κ2) is 14.0. The molecule has 13 nitrogen and oxygen atoms in total. The first-order valence-corrected chi connectivity index (χ1v) is 15.5. The molecule has 2 aromatic heterocycles. The monoisotopic (exact) mass is 671 g/mol. The number of carbonyl (C=O) groups excluding carboxylic acids is 3.